The minimum atomic E-state index is -4.51. The molecule has 0 aliphatic carbocycles. The number of rotatable bonds is 5. The van der Waals surface area contributed by atoms with Gasteiger partial charge in [-0.05, 0) is 18.6 Å². The van der Waals surface area contributed by atoms with Gasteiger partial charge in [-0.1, -0.05) is 18.5 Å². The number of hydrogen-bond acceptors (Lipinski definition) is 7. The average molecular weight is 485 g/mol. The maximum Gasteiger partial charge on any atom is 0.417 e. The van der Waals surface area contributed by atoms with E-state index in [-0.39, 0.29) is 10.8 Å². The molecule has 4 rings (SSSR count). The first-order valence-corrected chi connectivity index (χ1v) is 11.2. The summed E-state index contributed by atoms with van der Waals surface area (Å²) < 4.78 is 39.1. The van der Waals surface area contributed by atoms with Crippen molar-refractivity contribution in [1.29, 1.82) is 0 Å². The van der Waals surface area contributed by atoms with Gasteiger partial charge in [-0.2, -0.15) is 23.0 Å². The third-order valence-corrected chi connectivity index (χ3v) is 6.59. The van der Waals surface area contributed by atoms with Crippen LogP contribution in [-0.2, 0) is 19.1 Å². The number of halogens is 4. The number of nitrogens with zero attached hydrogens (tertiary/aromatic N) is 6. The smallest absolute Gasteiger partial charge is 0.366 e. The highest BCUT2D eigenvalue weighted by atomic mass is 35.5. The first-order chi connectivity index (χ1) is 15.3. The van der Waals surface area contributed by atoms with E-state index in [0.29, 0.717) is 25.0 Å². The van der Waals surface area contributed by atoms with Crippen LogP contribution in [0, 0.1) is 0 Å². The highest BCUT2D eigenvalue weighted by Crippen LogP contribution is 2.29. The maximum absolute atomic E-state index is 12.7. The van der Waals surface area contributed by atoms with Gasteiger partial charge < -0.3 is 4.90 Å². The molecule has 0 radical (unpaired) electrons. The van der Waals surface area contributed by atoms with Gasteiger partial charge in [-0.3, -0.25) is 9.69 Å². The third-order valence-electron chi connectivity index (χ3n) is 5.19. The van der Waals surface area contributed by atoms with Crippen molar-refractivity contribution in [1.82, 2.24) is 24.6 Å². The zero-order chi connectivity index (χ0) is 22.9. The Balaban J connectivity index is 1.45. The predicted molar refractivity (Wildman–Crippen MR) is 117 cm³/mol. The molecule has 0 bridgehead atoms. The summed E-state index contributed by atoms with van der Waals surface area (Å²) in [6, 6.07) is 1.94. The molecule has 0 N–H and O–H groups in total. The molecule has 1 saturated heterocycles. The molecule has 32 heavy (non-hydrogen) atoms. The largest absolute Gasteiger partial charge is 0.417 e. The summed E-state index contributed by atoms with van der Waals surface area (Å²) in [4.78, 5) is 25.3. The normalized spacial score (nSPS) is 15.3. The monoisotopic (exact) mass is 484 g/mol. The van der Waals surface area contributed by atoms with Gasteiger partial charge in [0.15, 0.2) is 5.82 Å². The van der Waals surface area contributed by atoms with E-state index in [1.807, 2.05) is 4.90 Å². The highest BCUT2D eigenvalue weighted by molar-refractivity contribution is 7.09. The zero-order valence-electron chi connectivity index (χ0n) is 17.1. The van der Waals surface area contributed by atoms with Crippen LogP contribution in [0.25, 0.3) is 5.82 Å². The summed E-state index contributed by atoms with van der Waals surface area (Å²) in [5.74, 6) is -0.0315. The Morgan fingerprint density at radius 3 is 2.50 bits per heavy atom. The van der Waals surface area contributed by atoms with Crippen molar-refractivity contribution >= 4 is 28.6 Å². The number of pyridine rings is 1. The van der Waals surface area contributed by atoms with Crippen molar-refractivity contribution in [2.75, 3.05) is 31.1 Å². The van der Waals surface area contributed by atoms with Gasteiger partial charge in [0.25, 0.3) is 5.56 Å². The second-order valence-electron chi connectivity index (χ2n) is 7.31. The summed E-state index contributed by atoms with van der Waals surface area (Å²) in [7, 11) is 0. The number of aryl methyl sites for hydroxylation is 1. The molecule has 3 aromatic rings. The number of thiazole rings is 1. The molecule has 0 amide bonds. The van der Waals surface area contributed by atoms with E-state index in [1.54, 1.807) is 11.3 Å². The Hall–Kier alpha value is -2.50. The highest BCUT2D eigenvalue weighted by Gasteiger charge is 2.31. The molecule has 1 aliphatic rings. The summed E-state index contributed by atoms with van der Waals surface area (Å²) in [6.07, 6.45) is -1.47. The lowest BCUT2D eigenvalue weighted by Gasteiger charge is -2.35. The first kappa shape index (κ1) is 22.7. The van der Waals surface area contributed by atoms with Crippen LogP contribution in [0.1, 0.15) is 23.2 Å². The van der Waals surface area contributed by atoms with Crippen LogP contribution in [-0.4, -0.2) is 50.8 Å². The summed E-state index contributed by atoms with van der Waals surface area (Å²) >= 11 is 7.99. The van der Waals surface area contributed by atoms with E-state index in [9.17, 15) is 18.0 Å². The molecule has 3 aromatic heterocycles. The van der Waals surface area contributed by atoms with Crippen molar-refractivity contribution in [3.05, 3.63) is 61.5 Å². The summed E-state index contributed by atoms with van der Waals surface area (Å²) in [6.45, 7) is 5.73. The van der Waals surface area contributed by atoms with Crippen molar-refractivity contribution < 1.29 is 13.2 Å². The van der Waals surface area contributed by atoms with Crippen molar-refractivity contribution in [2.45, 2.75) is 26.1 Å². The van der Waals surface area contributed by atoms with E-state index < -0.39 is 17.3 Å². The van der Waals surface area contributed by atoms with Gasteiger partial charge in [-0.15, -0.1) is 11.3 Å². The lowest BCUT2D eigenvalue weighted by Crippen LogP contribution is -2.46. The lowest BCUT2D eigenvalue weighted by atomic mass is 10.2. The van der Waals surface area contributed by atoms with Gasteiger partial charge in [0.2, 0.25) is 0 Å². The van der Waals surface area contributed by atoms with Gasteiger partial charge in [0.1, 0.15) is 5.02 Å². The Labute approximate surface area is 191 Å². The second kappa shape index (κ2) is 9.16. The number of anilines is 1. The molecule has 170 valence electrons. The Bertz CT molecular complexity index is 1140. The zero-order valence-corrected chi connectivity index (χ0v) is 18.7. The SMILES string of the molecule is CCc1nc(CN2CCN(c3cnn(-c4ccc(C(F)(F)F)cn4)c(=O)c3Cl)CC2)cs1. The molecule has 0 unspecified atom stereocenters. The van der Waals surface area contributed by atoms with E-state index in [1.165, 1.54) is 6.20 Å². The van der Waals surface area contributed by atoms with E-state index in [0.717, 1.165) is 53.6 Å². The topological polar surface area (TPSA) is 67.2 Å². The molecule has 1 fully saturated rings. The van der Waals surface area contributed by atoms with E-state index >= 15 is 0 Å². The average Bonchev–Trinajstić information content (AvgIpc) is 3.23. The number of hydrogen-bond donors (Lipinski definition) is 0. The number of alkyl halides is 3. The molecule has 4 heterocycles. The summed E-state index contributed by atoms with van der Waals surface area (Å²) in [5.41, 5.74) is 0.0277. The quantitative estimate of drug-likeness (QED) is 0.551. The van der Waals surface area contributed by atoms with Crippen molar-refractivity contribution in [2.24, 2.45) is 0 Å². The maximum atomic E-state index is 12.7. The predicted octanol–water partition coefficient (Wildman–Crippen LogP) is 3.64. The molecule has 12 heteroatoms. The van der Waals surface area contributed by atoms with Gasteiger partial charge in [0, 0.05) is 44.3 Å². The Morgan fingerprint density at radius 2 is 1.91 bits per heavy atom. The van der Waals surface area contributed by atoms with Crippen LogP contribution in [0.3, 0.4) is 0 Å². The van der Waals surface area contributed by atoms with Crippen LogP contribution < -0.4 is 10.5 Å². The van der Waals surface area contributed by atoms with Crippen LogP contribution in [0.5, 0.6) is 0 Å². The minimum Gasteiger partial charge on any atom is -0.366 e. The number of piperazine rings is 1. The van der Waals surface area contributed by atoms with E-state index in [4.69, 9.17) is 11.6 Å². The lowest BCUT2D eigenvalue weighted by molar-refractivity contribution is -0.137. The van der Waals surface area contributed by atoms with Gasteiger partial charge >= 0.3 is 6.18 Å². The first-order valence-electron chi connectivity index (χ1n) is 9.98. The van der Waals surface area contributed by atoms with Gasteiger partial charge in [-0.25, -0.2) is 9.97 Å². The third kappa shape index (κ3) is 4.79. The Morgan fingerprint density at radius 1 is 1.16 bits per heavy atom. The fourth-order valence-corrected chi connectivity index (χ4v) is 4.43. The molecule has 0 saturated carbocycles. The van der Waals surface area contributed by atoms with Crippen LogP contribution in [0.15, 0.2) is 34.7 Å². The standard InChI is InChI=1S/C20H20ClF3N6OS/c1-2-17-27-14(12-32-17)11-28-5-7-29(8-6-28)15-10-26-30(19(31)18(15)21)16-4-3-13(9-25-16)20(22,23)24/h3-4,9-10,12H,2,5-8,11H2,1H3. The molecule has 0 aromatic carbocycles. The molecule has 0 spiro atoms. The van der Waals surface area contributed by atoms with Crippen LogP contribution in [0.4, 0.5) is 18.9 Å². The Kier molecular flexibility index (Phi) is 6.50. The molecular formula is C20H20ClF3N6OS. The molecule has 1 aliphatic heterocycles. The van der Waals surface area contributed by atoms with Crippen LogP contribution in [0.2, 0.25) is 5.02 Å². The van der Waals surface area contributed by atoms with Crippen molar-refractivity contribution in [3.8, 4) is 5.82 Å². The summed E-state index contributed by atoms with van der Waals surface area (Å²) in [5, 5.41) is 7.26. The fourth-order valence-electron chi connectivity index (χ4n) is 3.45. The molecule has 0 atom stereocenters. The van der Waals surface area contributed by atoms with Crippen LogP contribution >= 0.6 is 22.9 Å². The fraction of sp³-hybridized carbons (Fsp3) is 0.400. The van der Waals surface area contributed by atoms with Crippen molar-refractivity contribution in [3.63, 3.8) is 0 Å². The van der Waals surface area contributed by atoms with E-state index in [2.05, 4.69) is 32.3 Å². The molecule has 7 nitrogen and oxygen atoms in total. The minimum absolute atomic E-state index is 0.0315. The second-order valence-corrected chi connectivity index (χ2v) is 8.63. The number of aromatic nitrogens is 4. The molecular weight excluding hydrogens is 465 g/mol. The van der Waals surface area contributed by atoms with Gasteiger partial charge in [0.05, 0.1) is 28.1 Å².